The normalized spacial score (nSPS) is 11.2. The molecule has 0 fully saturated rings. The number of aryl methyl sites for hydroxylation is 2. The average molecular weight is 259 g/mol. The second kappa shape index (κ2) is 5.43. The highest BCUT2D eigenvalue weighted by Gasteiger charge is 2.08. The summed E-state index contributed by atoms with van der Waals surface area (Å²) >= 11 is 0. The lowest BCUT2D eigenvalue weighted by Crippen LogP contribution is -2.30. The number of nitrogens with zero attached hydrogens (tertiary/aromatic N) is 2. The Labute approximate surface area is 113 Å². The van der Waals surface area contributed by atoms with Gasteiger partial charge in [-0.15, -0.1) is 0 Å². The molecular formula is C15H21N3O. The molecule has 1 N–H and O–H groups in total. The van der Waals surface area contributed by atoms with Crippen LogP contribution in [0.1, 0.15) is 25.0 Å². The lowest BCUT2D eigenvalue weighted by atomic mass is 10.1. The Morgan fingerprint density at radius 3 is 2.68 bits per heavy atom. The van der Waals surface area contributed by atoms with Gasteiger partial charge in [0.15, 0.2) is 0 Å². The zero-order valence-electron chi connectivity index (χ0n) is 12.0. The van der Waals surface area contributed by atoms with Crippen molar-refractivity contribution in [1.82, 2.24) is 14.9 Å². The molecule has 1 heterocycles. The number of fused-ring (bicyclic) bond motifs is 1. The predicted octanol–water partition coefficient (Wildman–Crippen LogP) is 2.43. The predicted molar refractivity (Wildman–Crippen MR) is 77.1 cm³/mol. The van der Waals surface area contributed by atoms with Crippen LogP contribution in [0.4, 0.5) is 0 Å². The fourth-order valence-corrected chi connectivity index (χ4v) is 1.97. The van der Waals surface area contributed by atoms with E-state index in [1.54, 1.807) is 6.33 Å². The van der Waals surface area contributed by atoms with Gasteiger partial charge in [0.25, 0.3) is 0 Å². The van der Waals surface area contributed by atoms with Gasteiger partial charge < -0.3 is 9.88 Å². The van der Waals surface area contributed by atoms with Crippen LogP contribution in [0.5, 0.6) is 0 Å². The van der Waals surface area contributed by atoms with Gasteiger partial charge in [-0.2, -0.15) is 0 Å². The van der Waals surface area contributed by atoms with Gasteiger partial charge in [-0.1, -0.05) is 13.8 Å². The van der Waals surface area contributed by atoms with Crippen LogP contribution < -0.4 is 5.32 Å². The van der Waals surface area contributed by atoms with Crippen LogP contribution in [0, 0.1) is 19.8 Å². The summed E-state index contributed by atoms with van der Waals surface area (Å²) in [6.45, 7) is 9.35. The molecule has 0 atom stereocenters. The van der Waals surface area contributed by atoms with Crippen molar-refractivity contribution < 1.29 is 4.79 Å². The van der Waals surface area contributed by atoms with Crippen molar-refractivity contribution in [3.63, 3.8) is 0 Å². The molecule has 2 aromatic rings. The molecule has 4 heteroatoms. The van der Waals surface area contributed by atoms with Gasteiger partial charge in [0, 0.05) is 6.54 Å². The van der Waals surface area contributed by atoms with Gasteiger partial charge in [0.2, 0.25) is 5.91 Å². The van der Waals surface area contributed by atoms with E-state index >= 15 is 0 Å². The third-order valence-corrected chi connectivity index (χ3v) is 3.26. The largest absolute Gasteiger partial charge is 0.354 e. The molecule has 0 aliphatic heterocycles. The quantitative estimate of drug-likeness (QED) is 0.916. The molecule has 4 nitrogen and oxygen atoms in total. The molecule has 0 spiro atoms. The molecule has 1 amide bonds. The SMILES string of the molecule is Cc1cc2ncn(CC(=O)NCC(C)C)c2cc1C. The van der Waals surface area contributed by atoms with Crippen LogP contribution in [0.15, 0.2) is 18.5 Å². The first kappa shape index (κ1) is 13.6. The Bertz CT molecular complexity index is 599. The van der Waals surface area contributed by atoms with Gasteiger partial charge in [0.05, 0.1) is 17.4 Å². The third kappa shape index (κ3) is 3.13. The molecule has 2 rings (SSSR count). The number of hydrogen-bond acceptors (Lipinski definition) is 2. The minimum atomic E-state index is 0.0335. The van der Waals surface area contributed by atoms with Crippen molar-refractivity contribution >= 4 is 16.9 Å². The van der Waals surface area contributed by atoms with Crippen LogP contribution >= 0.6 is 0 Å². The van der Waals surface area contributed by atoms with E-state index in [-0.39, 0.29) is 5.91 Å². The smallest absolute Gasteiger partial charge is 0.240 e. The molecule has 0 saturated heterocycles. The lowest BCUT2D eigenvalue weighted by molar-refractivity contribution is -0.121. The van der Waals surface area contributed by atoms with E-state index < -0.39 is 0 Å². The molecule has 0 aliphatic carbocycles. The summed E-state index contributed by atoms with van der Waals surface area (Å²) in [5.41, 5.74) is 4.40. The molecule has 102 valence electrons. The van der Waals surface area contributed by atoms with Gasteiger partial charge >= 0.3 is 0 Å². The minimum Gasteiger partial charge on any atom is -0.354 e. The van der Waals surface area contributed by atoms with E-state index in [9.17, 15) is 4.79 Å². The monoisotopic (exact) mass is 259 g/mol. The maximum Gasteiger partial charge on any atom is 0.240 e. The highest BCUT2D eigenvalue weighted by Crippen LogP contribution is 2.18. The topological polar surface area (TPSA) is 46.9 Å². The number of imidazole rings is 1. The van der Waals surface area contributed by atoms with Crippen molar-refractivity contribution in [2.24, 2.45) is 5.92 Å². The second-order valence-corrected chi connectivity index (χ2v) is 5.50. The Morgan fingerprint density at radius 2 is 2.00 bits per heavy atom. The van der Waals surface area contributed by atoms with E-state index in [0.717, 1.165) is 11.0 Å². The molecule has 1 aromatic carbocycles. The fraction of sp³-hybridized carbons (Fsp3) is 0.467. The molecule has 0 radical (unpaired) electrons. The van der Waals surface area contributed by atoms with Crippen molar-refractivity contribution in [3.8, 4) is 0 Å². The van der Waals surface area contributed by atoms with E-state index in [4.69, 9.17) is 0 Å². The molecule has 0 saturated carbocycles. The van der Waals surface area contributed by atoms with Gasteiger partial charge in [-0.3, -0.25) is 4.79 Å². The summed E-state index contributed by atoms with van der Waals surface area (Å²) in [5, 5.41) is 2.92. The van der Waals surface area contributed by atoms with Crippen LogP contribution in [0.2, 0.25) is 0 Å². The minimum absolute atomic E-state index is 0.0335. The molecular weight excluding hydrogens is 238 g/mol. The van der Waals surface area contributed by atoms with Gasteiger partial charge in [-0.25, -0.2) is 4.98 Å². The first-order chi connectivity index (χ1) is 8.97. The number of hydrogen-bond donors (Lipinski definition) is 1. The summed E-state index contributed by atoms with van der Waals surface area (Å²) in [7, 11) is 0. The maximum atomic E-state index is 11.9. The van der Waals surface area contributed by atoms with Crippen LogP contribution in [0.25, 0.3) is 11.0 Å². The summed E-state index contributed by atoms with van der Waals surface area (Å²) in [4.78, 5) is 16.2. The number of carbonyl (C=O) groups is 1. The van der Waals surface area contributed by atoms with Crippen molar-refractivity contribution in [1.29, 1.82) is 0 Å². The summed E-state index contributed by atoms with van der Waals surface area (Å²) < 4.78 is 1.90. The lowest BCUT2D eigenvalue weighted by Gasteiger charge is -2.09. The van der Waals surface area contributed by atoms with Crippen LogP contribution in [-0.2, 0) is 11.3 Å². The third-order valence-electron chi connectivity index (χ3n) is 3.26. The number of benzene rings is 1. The van der Waals surface area contributed by atoms with E-state index in [2.05, 4.69) is 50.1 Å². The zero-order chi connectivity index (χ0) is 14.0. The standard InChI is InChI=1S/C15H21N3O/c1-10(2)7-16-15(19)8-18-9-17-13-5-11(3)12(4)6-14(13)18/h5-6,9-10H,7-8H2,1-4H3,(H,16,19). The number of nitrogens with one attached hydrogen (secondary N) is 1. The molecule has 0 bridgehead atoms. The van der Waals surface area contributed by atoms with Crippen LogP contribution in [-0.4, -0.2) is 22.0 Å². The van der Waals surface area contributed by atoms with Crippen molar-refractivity contribution in [2.75, 3.05) is 6.54 Å². The Morgan fingerprint density at radius 1 is 1.32 bits per heavy atom. The molecule has 19 heavy (non-hydrogen) atoms. The summed E-state index contributed by atoms with van der Waals surface area (Å²) in [6, 6.07) is 4.15. The number of carbonyl (C=O) groups excluding carboxylic acids is 1. The van der Waals surface area contributed by atoms with Crippen LogP contribution in [0.3, 0.4) is 0 Å². The zero-order valence-corrected chi connectivity index (χ0v) is 12.0. The first-order valence-electron chi connectivity index (χ1n) is 6.66. The van der Waals surface area contributed by atoms with Crippen molar-refractivity contribution in [2.45, 2.75) is 34.2 Å². The molecule has 0 unspecified atom stereocenters. The van der Waals surface area contributed by atoms with E-state index in [1.165, 1.54) is 11.1 Å². The second-order valence-electron chi connectivity index (χ2n) is 5.50. The Kier molecular flexibility index (Phi) is 3.88. The van der Waals surface area contributed by atoms with Crippen molar-refractivity contribution in [3.05, 3.63) is 29.6 Å². The van der Waals surface area contributed by atoms with E-state index in [1.807, 2.05) is 4.57 Å². The average Bonchev–Trinajstić information content (AvgIpc) is 2.70. The molecule has 0 aliphatic rings. The summed E-state index contributed by atoms with van der Waals surface area (Å²) in [6.07, 6.45) is 1.73. The number of aromatic nitrogens is 2. The molecule has 1 aromatic heterocycles. The van der Waals surface area contributed by atoms with Gasteiger partial charge in [-0.05, 0) is 43.0 Å². The highest BCUT2D eigenvalue weighted by atomic mass is 16.1. The van der Waals surface area contributed by atoms with E-state index in [0.29, 0.717) is 19.0 Å². The highest BCUT2D eigenvalue weighted by molar-refractivity contribution is 5.81. The first-order valence-corrected chi connectivity index (χ1v) is 6.66. The Hall–Kier alpha value is -1.84. The summed E-state index contributed by atoms with van der Waals surface area (Å²) in [5.74, 6) is 0.500. The fourth-order valence-electron chi connectivity index (χ4n) is 1.97. The van der Waals surface area contributed by atoms with Gasteiger partial charge in [0.1, 0.15) is 6.54 Å². The Balaban J connectivity index is 2.17. The maximum absolute atomic E-state index is 11.9. The number of rotatable bonds is 4. The number of amides is 1.